The van der Waals surface area contributed by atoms with E-state index in [1.54, 1.807) is 24.9 Å². The SMILES string of the molecule is CCN(c1cc(Cl)cc(C(=O)NCc2c(C)n(C)[nH]c2=O)c1C)C1CCC(N(C)Cc2cccc(OC)c2)CC1. The Kier molecular flexibility index (Phi) is 9.64. The highest BCUT2D eigenvalue weighted by Crippen LogP contribution is 2.34. The lowest BCUT2D eigenvalue weighted by molar-refractivity contribution is 0.0950. The fourth-order valence-corrected chi connectivity index (χ4v) is 6.18. The molecule has 0 aliphatic heterocycles. The molecule has 0 radical (unpaired) electrons. The summed E-state index contributed by atoms with van der Waals surface area (Å²) in [5, 5.41) is 6.18. The molecule has 2 aromatic carbocycles. The Labute approximate surface area is 242 Å². The van der Waals surface area contributed by atoms with Crippen LogP contribution in [0.15, 0.2) is 41.2 Å². The molecule has 1 aromatic heterocycles. The van der Waals surface area contributed by atoms with Gasteiger partial charge in [-0.25, -0.2) is 0 Å². The third-order valence-electron chi connectivity index (χ3n) is 8.45. The van der Waals surface area contributed by atoms with Gasteiger partial charge in [-0.1, -0.05) is 23.7 Å². The van der Waals surface area contributed by atoms with E-state index < -0.39 is 0 Å². The number of anilines is 1. The molecule has 8 nitrogen and oxygen atoms in total. The molecule has 1 amide bonds. The average Bonchev–Trinajstić information content (AvgIpc) is 3.19. The summed E-state index contributed by atoms with van der Waals surface area (Å²) in [5.41, 5.74) is 4.87. The monoisotopic (exact) mass is 567 g/mol. The molecule has 9 heteroatoms. The molecule has 0 bridgehead atoms. The topological polar surface area (TPSA) is 82.6 Å². The number of amides is 1. The predicted octanol–water partition coefficient (Wildman–Crippen LogP) is 5.19. The van der Waals surface area contributed by atoms with E-state index in [2.05, 4.69) is 46.3 Å². The summed E-state index contributed by atoms with van der Waals surface area (Å²) in [6.07, 6.45) is 4.37. The summed E-state index contributed by atoms with van der Waals surface area (Å²) >= 11 is 6.56. The molecule has 2 N–H and O–H groups in total. The Hall–Kier alpha value is -3.23. The van der Waals surface area contributed by atoms with Crippen molar-refractivity contribution in [2.75, 3.05) is 25.6 Å². The zero-order chi connectivity index (χ0) is 29.0. The number of aromatic amines is 1. The number of nitrogens with zero attached hydrogens (tertiary/aromatic N) is 3. The molecular weight excluding hydrogens is 526 g/mol. The van der Waals surface area contributed by atoms with Crippen LogP contribution in [0.25, 0.3) is 0 Å². The summed E-state index contributed by atoms with van der Waals surface area (Å²) in [6, 6.07) is 12.9. The Balaban J connectivity index is 1.43. The van der Waals surface area contributed by atoms with Crippen molar-refractivity contribution in [2.24, 2.45) is 7.05 Å². The lowest BCUT2D eigenvalue weighted by Gasteiger charge is -2.41. The number of halogens is 1. The number of carbonyl (C=O) groups is 1. The summed E-state index contributed by atoms with van der Waals surface area (Å²) in [7, 11) is 5.69. The van der Waals surface area contributed by atoms with E-state index >= 15 is 0 Å². The van der Waals surface area contributed by atoms with Crippen LogP contribution < -0.4 is 20.5 Å². The van der Waals surface area contributed by atoms with E-state index in [1.807, 2.05) is 32.0 Å². The maximum atomic E-state index is 13.2. The third-order valence-corrected chi connectivity index (χ3v) is 8.66. The van der Waals surface area contributed by atoms with Gasteiger partial charge in [0.1, 0.15) is 5.75 Å². The second kappa shape index (κ2) is 13.0. The van der Waals surface area contributed by atoms with E-state index in [-0.39, 0.29) is 18.0 Å². The molecule has 0 unspecified atom stereocenters. The Morgan fingerprint density at radius 2 is 1.85 bits per heavy atom. The molecule has 1 saturated carbocycles. The van der Waals surface area contributed by atoms with Crippen LogP contribution >= 0.6 is 11.6 Å². The minimum absolute atomic E-state index is 0.160. The lowest BCUT2D eigenvalue weighted by Crippen LogP contribution is -2.43. The first-order chi connectivity index (χ1) is 19.1. The molecule has 1 aliphatic rings. The number of benzene rings is 2. The van der Waals surface area contributed by atoms with Crippen molar-refractivity contribution in [1.29, 1.82) is 0 Å². The zero-order valence-corrected chi connectivity index (χ0v) is 25.3. The molecule has 1 aliphatic carbocycles. The number of aryl methyl sites for hydroxylation is 1. The zero-order valence-electron chi connectivity index (χ0n) is 24.5. The molecule has 1 heterocycles. The number of nitrogens with one attached hydrogen (secondary N) is 2. The van der Waals surface area contributed by atoms with Crippen molar-refractivity contribution < 1.29 is 9.53 Å². The van der Waals surface area contributed by atoms with Crippen molar-refractivity contribution >= 4 is 23.2 Å². The van der Waals surface area contributed by atoms with Crippen molar-refractivity contribution in [3.63, 3.8) is 0 Å². The highest BCUT2D eigenvalue weighted by molar-refractivity contribution is 6.31. The maximum absolute atomic E-state index is 13.2. The van der Waals surface area contributed by atoms with Crippen LogP contribution in [0, 0.1) is 13.8 Å². The maximum Gasteiger partial charge on any atom is 0.269 e. The van der Waals surface area contributed by atoms with Crippen LogP contribution in [0.4, 0.5) is 5.69 Å². The van der Waals surface area contributed by atoms with Gasteiger partial charge in [0.2, 0.25) is 0 Å². The normalized spacial score (nSPS) is 17.2. The van der Waals surface area contributed by atoms with Gasteiger partial charge in [0.15, 0.2) is 0 Å². The highest BCUT2D eigenvalue weighted by atomic mass is 35.5. The van der Waals surface area contributed by atoms with Gasteiger partial charge >= 0.3 is 0 Å². The quantitative estimate of drug-likeness (QED) is 0.352. The van der Waals surface area contributed by atoms with Crippen molar-refractivity contribution in [1.82, 2.24) is 20.0 Å². The number of hydrogen-bond donors (Lipinski definition) is 2. The minimum atomic E-state index is -0.233. The van der Waals surface area contributed by atoms with Crippen LogP contribution in [-0.2, 0) is 20.1 Å². The lowest BCUT2D eigenvalue weighted by atomic mass is 9.88. The van der Waals surface area contributed by atoms with Gasteiger partial charge in [-0.05, 0) is 88.9 Å². The summed E-state index contributed by atoms with van der Waals surface area (Å²) in [6.45, 7) is 7.88. The van der Waals surface area contributed by atoms with Gasteiger partial charge in [-0.15, -0.1) is 0 Å². The van der Waals surface area contributed by atoms with Gasteiger partial charge in [-0.3, -0.25) is 24.3 Å². The smallest absolute Gasteiger partial charge is 0.269 e. The van der Waals surface area contributed by atoms with Crippen LogP contribution in [0.5, 0.6) is 5.75 Å². The van der Waals surface area contributed by atoms with Crippen molar-refractivity contribution in [3.8, 4) is 5.75 Å². The highest BCUT2D eigenvalue weighted by Gasteiger charge is 2.29. The first kappa shape index (κ1) is 29.7. The Bertz CT molecular complexity index is 1390. The minimum Gasteiger partial charge on any atom is -0.497 e. The Morgan fingerprint density at radius 3 is 2.48 bits per heavy atom. The summed E-state index contributed by atoms with van der Waals surface area (Å²) in [5.74, 6) is 0.657. The van der Waals surface area contributed by atoms with Gasteiger partial charge < -0.3 is 15.0 Å². The number of carbonyl (C=O) groups excluding carboxylic acids is 1. The van der Waals surface area contributed by atoms with Gasteiger partial charge in [0, 0.05) is 54.2 Å². The second-order valence-electron chi connectivity index (χ2n) is 10.9. The summed E-state index contributed by atoms with van der Waals surface area (Å²) in [4.78, 5) is 30.3. The molecule has 0 atom stereocenters. The van der Waals surface area contributed by atoms with E-state index in [1.165, 1.54) is 5.56 Å². The predicted molar refractivity (Wildman–Crippen MR) is 162 cm³/mol. The standard InChI is InChI=1S/C31H42ClN5O3/c1-7-37(25-13-11-24(12-14-25)35(4)19-22-9-8-10-26(15-22)40-6)29-17-23(32)16-27(20(29)2)30(38)33-18-28-21(3)36(5)34-31(28)39/h8-10,15-17,24-25H,7,11-14,18-19H2,1-6H3,(H,33,38)(H,34,39). The summed E-state index contributed by atoms with van der Waals surface area (Å²) < 4.78 is 7.05. The first-order valence-electron chi connectivity index (χ1n) is 14.1. The van der Waals surface area contributed by atoms with E-state index in [9.17, 15) is 9.59 Å². The average molecular weight is 568 g/mol. The van der Waals surface area contributed by atoms with Crippen LogP contribution in [-0.4, -0.2) is 53.4 Å². The molecule has 3 aromatic rings. The van der Waals surface area contributed by atoms with E-state index in [4.69, 9.17) is 16.3 Å². The van der Waals surface area contributed by atoms with Crippen molar-refractivity contribution in [2.45, 2.75) is 71.6 Å². The number of hydrogen-bond acceptors (Lipinski definition) is 5. The van der Waals surface area contributed by atoms with Gasteiger partial charge in [-0.2, -0.15) is 0 Å². The molecule has 40 heavy (non-hydrogen) atoms. The fraction of sp³-hybridized carbons (Fsp3) is 0.484. The van der Waals surface area contributed by atoms with Crippen LogP contribution in [0.1, 0.15) is 65.3 Å². The largest absolute Gasteiger partial charge is 0.497 e. The van der Waals surface area contributed by atoms with E-state index in [0.29, 0.717) is 28.2 Å². The number of ether oxygens (including phenoxy) is 1. The van der Waals surface area contributed by atoms with Crippen LogP contribution in [0.2, 0.25) is 5.02 Å². The number of rotatable bonds is 10. The van der Waals surface area contributed by atoms with Gasteiger partial charge in [0.25, 0.3) is 11.5 Å². The first-order valence-corrected chi connectivity index (χ1v) is 14.4. The Morgan fingerprint density at radius 1 is 1.15 bits per heavy atom. The molecule has 216 valence electrons. The second-order valence-corrected chi connectivity index (χ2v) is 11.3. The number of H-pyrrole nitrogens is 1. The number of aromatic nitrogens is 2. The number of methoxy groups -OCH3 is 1. The molecular formula is C31H42ClN5O3. The van der Waals surface area contributed by atoms with Crippen LogP contribution in [0.3, 0.4) is 0 Å². The fourth-order valence-electron chi connectivity index (χ4n) is 5.97. The molecule has 1 fully saturated rings. The molecule has 0 saturated heterocycles. The van der Waals surface area contributed by atoms with E-state index in [0.717, 1.165) is 61.5 Å². The van der Waals surface area contributed by atoms with Gasteiger partial charge in [0.05, 0.1) is 19.2 Å². The molecule has 4 rings (SSSR count). The third kappa shape index (κ3) is 6.56. The molecule has 0 spiro atoms. The van der Waals surface area contributed by atoms with Crippen molar-refractivity contribution in [3.05, 3.63) is 79.7 Å².